The smallest absolute Gasteiger partial charge is 0.336 e. The van der Waals surface area contributed by atoms with Crippen molar-refractivity contribution >= 4 is 16.8 Å². The zero-order valence-electron chi connectivity index (χ0n) is 27.1. The number of aryl methyl sites for hydroxylation is 1. The summed E-state index contributed by atoms with van der Waals surface area (Å²) < 4.78 is 12.1. The number of nitrogens with one attached hydrogen (secondary N) is 1. The standard InChI is InChI=1S/C24H24O5.C10H13N5O4/c1-13(2)10-11-16-22(27)20(21(26)14(3)4)23(28)19-17(12-18(25)29-24(16)19)15-8-6-5-7-9-15;1-5-3-15(10(18)12-9(5)17)8-2-6(13-14-11)7(4-16)19-8/h5-10,12,14,27-28H,11H2,1-4H3;3,6-8,16H,2,4H2,1H3,(H,12,17,18)/t;6-,7+,8+/m.0/s1. The summed E-state index contributed by atoms with van der Waals surface area (Å²) in [7, 11) is 0. The quantitative estimate of drug-likeness (QED) is 0.0497. The molecule has 0 unspecified atom stereocenters. The molecular weight excluding hydrogens is 622 g/mol. The highest BCUT2D eigenvalue weighted by Crippen LogP contribution is 2.44. The normalized spacial score (nSPS) is 17.0. The minimum Gasteiger partial charge on any atom is -0.507 e. The molecule has 0 spiro atoms. The number of benzene rings is 2. The zero-order valence-corrected chi connectivity index (χ0v) is 27.1. The summed E-state index contributed by atoms with van der Waals surface area (Å²) in [5, 5.41) is 34.8. The number of aromatic amines is 1. The molecule has 2 aromatic carbocycles. The number of phenols is 2. The van der Waals surface area contributed by atoms with Gasteiger partial charge >= 0.3 is 11.3 Å². The number of fused-ring (bicyclic) bond motifs is 1. The van der Waals surface area contributed by atoms with E-state index in [1.807, 2.05) is 38.1 Å². The van der Waals surface area contributed by atoms with Crippen molar-refractivity contribution in [2.75, 3.05) is 6.61 Å². The Morgan fingerprint density at radius 2 is 1.85 bits per heavy atom. The lowest BCUT2D eigenvalue weighted by Gasteiger charge is -2.17. The molecule has 2 aromatic heterocycles. The van der Waals surface area contributed by atoms with Crippen molar-refractivity contribution in [2.24, 2.45) is 11.0 Å². The van der Waals surface area contributed by atoms with Crippen LogP contribution in [0.4, 0.5) is 0 Å². The topological polar surface area (TPSA) is 221 Å². The Morgan fingerprint density at radius 3 is 2.46 bits per heavy atom. The maximum absolute atomic E-state index is 12.8. The second-order valence-electron chi connectivity index (χ2n) is 11.9. The van der Waals surface area contributed by atoms with Gasteiger partial charge in [0.05, 0.1) is 24.1 Å². The van der Waals surface area contributed by atoms with Crippen LogP contribution >= 0.6 is 0 Å². The molecule has 4 N–H and O–H groups in total. The van der Waals surface area contributed by atoms with E-state index < -0.39 is 41.2 Å². The molecule has 1 aliphatic heterocycles. The van der Waals surface area contributed by atoms with E-state index in [4.69, 9.17) is 19.8 Å². The van der Waals surface area contributed by atoms with E-state index in [9.17, 15) is 29.4 Å². The van der Waals surface area contributed by atoms with Crippen LogP contribution < -0.4 is 16.9 Å². The van der Waals surface area contributed by atoms with Crippen molar-refractivity contribution < 1.29 is 29.3 Å². The van der Waals surface area contributed by atoms with Gasteiger partial charge < -0.3 is 24.5 Å². The van der Waals surface area contributed by atoms with Crippen molar-refractivity contribution in [2.45, 2.75) is 65.8 Å². The first-order valence-corrected chi connectivity index (χ1v) is 15.2. The number of aliphatic hydroxyl groups is 1. The number of ether oxygens (including phenoxy) is 1. The van der Waals surface area contributed by atoms with Crippen molar-refractivity contribution in [3.8, 4) is 22.6 Å². The number of aromatic hydroxyl groups is 2. The van der Waals surface area contributed by atoms with Crippen molar-refractivity contribution in [3.05, 3.63) is 113 Å². The van der Waals surface area contributed by atoms with Crippen LogP contribution in [0, 0.1) is 12.8 Å². The van der Waals surface area contributed by atoms with Gasteiger partial charge in [0.15, 0.2) is 5.78 Å². The van der Waals surface area contributed by atoms with E-state index in [-0.39, 0.29) is 53.3 Å². The lowest BCUT2D eigenvalue weighted by atomic mass is 9.90. The maximum Gasteiger partial charge on any atom is 0.336 e. The second-order valence-corrected chi connectivity index (χ2v) is 11.9. The van der Waals surface area contributed by atoms with Crippen LogP contribution in [0.2, 0.25) is 0 Å². The molecule has 1 saturated heterocycles. The molecule has 14 nitrogen and oxygen atoms in total. The average molecular weight is 660 g/mol. The zero-order chi connectivity index (χ0) is 35.3. The summed E-state index contributed by atoms with van der Waals surface area (Å²) in [6, 6.07) is 9.84. The van der Waals surface area contributed by atoms with Crippen LogP contribution in [0.3, 0.4) is 0 Å². The van der Waals surface area contributed by atoms with Crippen LogP contribution in [0.25, 0.3) is 32.5 Å². The number of hydrogen-bond acceptors (Lipinski definition) is 10. The van der Waals surface area contributed by atoms with E-state index in [2.05, 4.69) is 15.0 Å². The Labute approximate surface area is 274 Å². The van der Waals surface area contributed by atoms with Crippen LogP contribution in [-0.4, -0.2) is 49.4 Å². The fourth-order valence-electron chi connectivity index (χ4n) is 5.34. The molecule has 3 heterocycles. The molecule has 5 rings (SSSR count). The minimum absolute atomic E-state index is 0.0872. The van der Waals surface area contributed by atoms with Gasteiger partial charge in [0, 0.05) is 46.2 Å². The monoisotopic (exact) mass is 659 g/mol. The predicted octanol–water partition coefficient (Wildman–Crippen LogP) is 5.02. The van der Waals surface area contributed by atoms with E-state index in [1.165, 1.54) is 16.8 Å². The van der Waals surface area contributed by atoms with Gasteiger partial charge in [-0.05, 0) is 38.3 Å². The van der Waals surface area contributed by atoms with E-state index in [0.717, 1.165) is 5.57 Å². The molecular formula is C34H37N5O9. The number of rotatable bonds is 8. The number of phenolic OH excluding ortho intramolecular Hbond substituents is 2. The molecule has 252 valence electrons. The number of H-pyrrole nitrogens is 1. The van der Waals surface area contributed by atoms with Gasteiger partial charge in [0.2, 0.25) is 0 Å². The molecule has 48 heavy (non-hydrogen) atoms. The number of azide groups is 1. The maximum atomic E-state index is 12.8. The molecule has 0 radical (unpaired) electrons. The highest BCUT2D eigenvalue weighted by molar-refractivity contribution is 6.11. The Morgan fingerprint density at radius 1 is 1.17 bits per heavy atom. The van der Waals surface area contributed by atoms with Crippen molar-refractivity contribution in [1.29, 1.82) is 0 Å². The highest BCUT2D eigenvalue weighted by Gasteiger charge is 2.36. The number of nitrogens with zero attached hydrogens (tertiary/aromatic N) is 4. The van der Waals surface area contributed by atoms with Gasteiger partial charge in [-0.2, -0.15) is 0 Å². The molecule has 0 aliphatic carbocycles. The predicted molar refractivity (Wildman–Crippen MR) is 178 cm³/mol. The van der Waals surface area contributed by atoms with Gasteiger partial charge in [-0.15, -0.1) is 0 Å². The Balaban J connectivity index is 0.000000237. The summed E-state index contributed by atoms with van der Waals surface area (Å²) in [4.78, 5) is 52.9. The number of aromatic nitrogens is 2. The molecule has 1 fully saturated rings. The van der Waals surface area contributed by atoms with E-state index >= 15 is 0 Å². The average Bonchev–Trinajstić information content (AvgIpc) is 3.45. The molecule has 0 bridgehead atoms. The highest BCUT2D eigenvalue weighted by atomic mass is 16.5. The number of carbonyl (C=O) groups is 1. The lowest BCUT2D eigenvalue weighted by Crippen LogP contribution is -2.33. The summed E-state index contributed by atoms with van der Waals surface area (Å²) in [5.74, 6) is -1.54. The number of allylic oxidation sites excluding steroid dienone is 2. The summed E-state index contributed by atoms with van der Waals surface area (Å²) in [6.07, 6.45) is 2.45. The van der Waals surface area contributed by atoms with E-state index in [0.29, 0.717) is 22.3 Å². The van der Waals surface area contributed by atoms with Crippen LogP contribution in [0.15, 0.2) is 78.2 Å². The summed E-state index contributed by atoms with van der Waals surface area (Å²) in [6.45, 7) is 8.47. The summed E-state index contributed by atoms with van der Waals surface area (Å²) >= 11 is 0. The first kappa shape index (κ1) is 35.4. The minimum atomic E-state index is -0.671. The molecule has 0 saturated carbocycles. The van der Waals surface area contributed by atoms with Gasteiger partial charge in [-0.25, -0.2) is 9.59 Å². The fraction of sp³-hybridized carbons (Fsp3) is 0.353. The number of aliphatic hydroxyl groups excluding tert-OH is 1. The Kier molecular flexibility index (Phi) is 11.1. The first-order chi connectivity index (χ1) is 22.8. The Hall–Kier alpha value is -5.43. The van der Waals surface area contributed by atoms with Gasteiger partial charge in [0.25, 0.3) is 5.56 Å². The van der Waals surface area contributed by atoms with Crippen LogP contribution in [-0.2, 0) is 11.2 Å². The number of carbonyl (C=O) groups excluding carboxylic acids is 1. The number of hydrogen-bond donors (Lipinski definition) is 4. The lowest BCUT2D eigenvalue weighted by molar-refractivity contribution is -0.0271. The number of ketones is 1. The molecule has 3 atom stereocenters. The van der Waals surface area contributed by atoms with Gasteiger partial charge in [0.1, 0.15) is 28.9 Å². The van der Waals surface area contributed by atoms with Crippen LogP contribution in [0.1, 0.15) is 61.8 Å². The SMILES string of the molecule is CC(C)=CCc1c(O)c(C(=O)C(C)C)c(O)c2c(-c3ccccc3)cc(=O)oc12.Cc1cn([C@H]2C[C@H](N=[N+]=[N-])[C@@H](CO)O2)c(=O)[nH]c1=O. The Bertz CT molecular complexity index is 2090. The molecule has 0 amide bonds. The first-order valence-electron chi connectivity index (χ1n) is 15.2. The third-order valence-corrected chi connectivity index (χ3v) is 7.84. The molecule has 4 aromatic rings. The summed E-state index contributed by atoms with van der Waals surface area (Å²) in [5.41, 5.74) is 9.55. The number of Topliss-reactive ketones (excluding diaryl/α,β-unsaturated/α-hetero) is 1. The molecule has 1 aliphatic rings. The van der Waals surface area contributed by atoms with Crippen LogP contribution in [0.5, 0.6) is 11.5 Å². The van der Waals surface area contributed by atoms with Crippen molar-refractivity contribution in [3.63, 3.8) is 0 Å². The van der Waals surface area contributed by atoms with Gasteiger partial charge in [-0.1, -0.05) is 60.9 Å². The van der Waals surface area contributed by atoms with Gasteiger partial charge in [-0.3, -0.25) is 19.1 Å². The third kappa shape index (κ3) is 7.41. The second kappa shape index (κ2) is 15.0. The molecule has 14 heteroatoms. The largest absolute Gasteiger partial charge is 0.507 e. The third-order valence-electron chi connectivity index (χ3n) is 7.84. The van der Waals surface area contributed by atoms with E-state index in [1.54, 1.807) is 32.9 Å². The fourth-order valence-corrected chi connectivity index (χ4v) is 5.34. The van der Waals surface area contributed by atoms with Crippen molar-refractivity contribution in [1.82, 2.24) is 9.55 Å².